The molecule has 0 saturated heterocycles. The minimum Gasteiger partial charge on any atom is -0.390 e. The molecule has 0 aliphatic carbocycles. The van der Waals surface area contributed by atoms with Crippen LogP contribution in [0.5, 0.6) is 0 Å². The quantitative estimate of drug-likeness (QED) is 0.475. The van der Waals surface area contributed by atoms with Gasteiger partial charge in [0.25, 0.3) is 0 Å². The molecule has 0 aromatic heterocycles. The van der Waals surface area contributed by atoms with Gasteiger partial charge in [0, 0.05) is 5.69 Å². The van der Waals surface area contributed by atoms with Crippen molar-refractivity contribution in [2.45, 2.75) is 18.6 Å². The van der Waals surface area contributed by atoms with E-state index < -0.39 is 12.2 Å². The summed E-state index contributed by atoms with van der Waals surface area (Å²) in [6.07, 6.45) is -1.38. The van der Waals surface area contributed by atoms with Crippen molar-refractivity contribution in [2.24, 2.45) is 0 Å². The van der Waals surface area contributed by atoms with Crippen LogP contribution in [-0.4, -0.2) is 33.9 Å². The molecule has 1 amide bonds. The van der Waals surface area contributed by atoms with Gasteiger partial charge < -0.3 is 15.5 Å². The lowest BCUT2D eigenvalue weighted by Gasteiger charge is -2.17. The highest BCUT2D eigenvalue weighted by atomic mass is 35.5. The van der Waals surface area contributed by atoms with E-state index in [-0.39, 0.29) is 11.8 Å². The Morgan fingerprint density at radius 2 is 1.94 bits per heavy atom. The van der Waals surface area contributed by atoms with E-state index in [1.807, 2.05) is 0 Å². The van der Waals surface area contributed by atoms with Crippen LogP contribution < -0.4 is 5.32 Å². The Balaban J connectivity index is 2.67. The molecule has 1 rings (SSSR count). The molecule has 0 aliphatic rings. The van der Waals surface area contributed by atoms with Crippen molar-refractivity contribution in [1.82, 2.24) is 0 Å². The van der Waals surface area contributed by atoms with Crippen LogP contribution >= 0.6 is 24.2 Å². The summed E-state index contributed by atoms with van der Waals surface area (Å²) in [6, 6.07) is 6.60. The number of halogens is 1. The van der Waals surface area contributed by atoms with Crippen molar-refractivity contribution in [3.63, 3.8) is 0 Å². The van der Waals surface area contributed by atoms with Gasteiger partial charge in [-0.3, -0.25) is 4.79 Å². The summed E-state index contributed by atoms with van der Waals surface area (Å²) in [4.78, 5) is 11.1. The molecule has 3 N–H and O–H groups in total. The fourth-order valence-electron chi connectivity index (χ4n) is 1.47. The standard InChI is InChI=1S/C12H16ClNO3S/c13-7-11(16)14-9-3-1-8(2-4-9)12(17)10(15)5-6-18/h1-4,10,12,15,17-18H,5-7H2,(H,14,16). The van der Waals surface area contributed by atoms with Gasteiger partial charge in [-0.25, -0.2) is 0 Å². The van der Waals surface area contributed by atoms with Crippen molar-refractivity contribution in [1.29, 1.82) is 0 Å². The Morgan fingerprint density at radius 1 is 1.33 bits per heavy atom. The first-order chi connectivity index (χ1) is 8.58. The van der Waals surface area contributed by atoms with Gasteiger partial charge in [-0.05, 0) is 29.9 Å². The van der Waals surface area contributed by atoms with Crippen molar-refractivity contribution in [3.05, 3.63) is 29.8 Å². The molecule has 0 saturated carbocycles. The smallest absolute Gasteiger partial charge is 0.239 e. The topological polar surface area (TPSA) is 69.6 Å². The van der Waals surface area contributed by atoms with Gasteiger partial charge in [0.15, 0.2) is 0 Å². The molecule has 4 nitrogen and oxygen atoms in total. The third-order valence-corrected chi connectivity index (χ3v) is 2.95. The Kier molecular flexibility index (Phi) is 6.49. The van der Waals surface area contributed by atoms with Gasteiger partial charge in [-0.15, -0.1) is 11.6 Å². The Bertz CT molecular complexity index is 385. The predicted molar refractivity (Wildman–Crippen MR) is 75.2 cm³/mol. The Hall–Kier alpha value is -0.750. The summed E-state index contributed by atoms with van der Waals surface area (Å²) in [5.74, 6) is 0.104. The lowest BCUT2D eigenvalue weighted by atomic mass is 10.0. The number of benzene rings is 1. The Morgan fingerprint density at radius 3 is 2.44 bits per heavy atom. The molecule has 1 aromatic carbocycles. The number of alkyl halides is 1. The SMILES string of the molecule is O=C(CCl)Nc1ccc(C(O)C(O)CCS)cc1. The maximum atomic E-state index is 11.1. The number of aliphatic hydroxyl groups excluding tert-OH is 2. The minimum atomic E-state index is -0.949. The zero-order valence-corrected chi connectivity index (χ0v) is 11.4. The largest absolute Gasteiger partial charge is 0.390 e. The van der Waals surface area contributed by atoms with Gasteiger partial charge in [0.2, 0.25) is 5.91 Å². The van der Waals surface area contributed by atoms with Crippen LogP contribution in [0.1, 0.15) is 18.1 Å². The number of amides is 1. The first-order valence-electron chi connectivity index (χ1n) is 5.51. The van der Waals surface area contributed by atoms with E-state index in [1.165, 1.54) is 0 Å². The van der Waals surface area contributed by atoms with E-state index in [0.29, 0.717) is 23.4 Å². The number of nitrogens with one attached hydrogen (secondary N) is 1. The van der Waals surface area contributed by atoms with Crippen LogP contribution in [0.3, 0.4) is 0 Å². The fraction of sp³-hybridized carbons (Fsp3) is 0.417. The van der Waals surface area contributed by atoms with Crippen molar-refractivity contribution in [3.8, 4) is 0 Å². The number of carbonyl (C=O) groups excluding carboxylic acids is 1. The number of hydrogen-bond acceptors (Lipinski definition) is 4. The maximum absolute atomic E-state index is 11.1. The lowest BCUT2D eigenvalue weighted by molar-refractivity contribution is -0.113. The van der Waals surface area contributed by atoms with Crippen LogP contribution in [-0.2, 0) is 4.79 Å². The van der Waals surface area contributed by atoms with E-state index >= 15 is 0 Å². The van der Waals surface area contributed by atoms with Gasteiger partial charge in [-0.2, -0.15) is 12.6 Å². The van der Waals surface area contributed by atoms with Gasteiger partial charge >= 0.3 is 0 Å². The van der Waals surface area contributed by atoms with Crippen LogP contribution in [0.2, 0.25) is 0 Å². The van der Waals surface area contributed by atoms with Crippen molar-refractivity contribution < 1.29 is 15.0 Å². The van der Waals surface area contributed by atoms with E-state index in [1.54, 1.807) is 24.3 Å². The number of anilines is 1. The zero-order chi connectivity index (χ0) is 13.5. The van der Waals surface area contributed by atoms with Crippen LogP contribution in [0, 0.1) is 0 Å². The molecule has 6 heteroatoms. The van der Waals surface area contributed by atoms with Crippen molar-refractivity contribution >= 4 is 35.8 Å². The summed E-state index contributed by atoms with van der Waals surface area (Å²) in [6.45, 7) is 0. The van der Waals surface area contributed by atoms with E-state index in [2.05, 4.69) is 17.9 Å². The summed E-state index contributed by atoms with van der Waals surface area (Å²) < 4.78 is 0. The van der Waals surface area contributed by atoms with Gasteiger partial charge in [0.1, 0.15) is 12.0 Å². The monoisotopic (exact) mass is 289 g/mol. The Labute approximate surface area is 116 Å². The second kappa shape index (κ2) is 7.63. The second-order valence-corrected chi connectivity index (χ2v) is 4.54. The molecule has 0 bridgehead atoms. The molecule has 0 spiro atoms. The number of carbonyl (C=O) groups is 1. The lowest BCUT2D eigenvalue weighted by Crippen LogP contribution is -2.18. The highest BCUT2D eigenvalue weighted by Crippen LogP contribution is 2.21. The van der Waals surface area contributed by atoms with Gasteiger partial charge in [-0.1, -0.05) is 12.1 Å². The van der Waals surface area contributed by atoms with Gasteiger partial charge in [0.05, 0.1) is 6.10 Å². The average Bonchev–Trinajstić information content (AvgIpc) is 2.39. The molecule has 2 atom stereocenters. The second-order valence-electron chi connectivity index (χ2n) is 3.83. The predicted octanol–water partition coefficient (Wildman–Crippen LogP) is 1.58. The first-order valence-corrected chi connectivity index (χ1v) is 6.68. The normalized spacial score (nSPS) is 14.0. The third kappa shape index (κ3) is 4.49. The number of rotatable bonds is 6. The summed E-state index contributed by atoms with van der Waals surface area (Å²) in [5.41, 5.74) is 1.19. The highest BCUT2D eigenvalue weighted by Gasteiger charge is 2.17. The number of hydrogen-bond donors (Lipinski definition) is 4. The van der Waals surface area contributed by atoms with Crippen molar-refractivity contribution in [2.75, 3.05) is 16.9 Å². The first kappa shape index (κ1) is 15.3. The molecule has 2 unspecified atom stereocenters. The molecule has 0 heterocycles. The van der Waals surface area contributed by atoms with Crippen LogP contribution in [0.15, 0.2) is 24.3 Å². The van der Waals surface area contributed by atoms with E-state index in [4.69, 9.17) is 11.6 Å². The number of aliphatic hydroxyl groups is 2. The molecule has 1 aromatic rings. The highest BCUT2D eigenvalue weighted by molar-refractivity contribution is 7.80. The molecular formula is C12H16ClNO3S. The molecule has 0 fully saturated rings. The fourth-order valence-corrected chi connectivity index (χ4v) is 1.80. The molecule has 0 radical (unpaired) electrons. The molecular weight excluding hydrogens is 274 g/mol. The van der Waals surface area contributed by atoms with Crippen LogP contribution in [0.4, 0.5) is 5.69 Å². The van der Waals surface area contributed by atoms with E-state index in [9.17, 15) is 15.0 Å². The maximum Gasteiger partial charge on any atom is 0.239 e. The molecule has 0 aliphatic heterocycles. The van der Waals surface area contributed by atoms with E-state index in [0.717, 1.165) is 0 Å². The zero-order valence-electron chi connectivity index (χ0n) is 9.71. The third-order valence-electron chi connectivity index (χ3n) is 2.45. The molecule has 100 valence electrons. The molecule has 18 heavy (non-hydrogen) atoms. The number of thiol groups is 1. The summed E-state index contributed by atoms with van der Waals surface area (Å²) >= 11 is 9.37. The summed E-state index contributed by atoms with van der Waals surface area (Å²) in [5, 5.41) is 22.1. The minimum absolute atomic E-state index is 0.106. The summed E-state index contributed by atoms with van der Waals surface area (Å²) in [7, 11) is 0. The average molecular weight is 290 g/mol. The van der Waals surface area contributed by atoms with Crippen LogP contribution in [0.25, 0.3) is 0 Å².